The molecule has 1 aromatic carbocycles. The molecule has 0 radical (unpaired) electrons. The number of aryl methyl sites for hydroxylation is 1. The number of carbonyl (C=O) groups is 1. The van der Waals surface area contributed by atoms with Crippen LogP contribution in [-0.4, -0.2) is 22.4 Å². The van der Waals surface area contributed by atoms with Crippen molar-refractivity contribution in [2.75, 3.05) is 12.8 Å². The fourth-order valence-corrected chi connectivity index (χ4v) is 2.60. The first-order valence-corrected chi connectivity index (χ1v) is 6.17. The lowest BCUT2D eigenvalue weighted by Gasteiger charge is -2.12. The normalized spacial score (nSPS) is 14.2. The van der Waals surface area contributed by atoms with Gasteiger partial charge in [0.15, 0.2) is 0 Å². The molecule has 0 saturated carbocycles. The molecule has 88 valence electrons. The van der Waals surface area contributed by atoms with Crippen LogP contribution in [-0.2, 0) is 15.6 Å². The van der Waals surface area contributed by atoms with E-state index in [1.807, 2.05) is 13.0 Å². The van der Waals surface area contributed by atoms with Gasteiger partial charge in [0, 0.05) is 12.7 Å². The fourth-order valence-electron chi connectivity index (χ4n) is 1.31. The zero-order valence-electron chi connectivity index (χ0n) is 9.61. The van der Waals surface area contributed by atoms with E-state index >= 15 is 0 Å². The number of benzene rings is 1. The zero-order chi connectivity index (χ0) is 12.3. The van der Waals surface area contributed by atoms with E-state index in [0.717, 1.165) is 5.56 Å². The summed E-state index contributed by atoms with van der Waals surface area (Å²) in [7, 11) is 0.106. The fraction of sp³-hybridized carbons (Fsp3) is 0.364. The lowest BCUT2D eigenvalue weighted by Crippen LogP contribution is -2.33. The van der Waals surface area contributed by atoms with Crippen molar-refractivity contribution in [3.8, 4) is 0 Å². The molecule has 0 aliphatic rings. The van der Waals surface area contributed by atoms with Crippen LogP contribution in [0, 0.1) is 6.92 Å². The van der Waals surface area contributed by atoms with Gasteiger partial charge in [-0.05, 0) is 31.5 Å². The molecule has 0 aliphatic heterocycles. The molecular formula is C11H16N2O2S. The van der Waals surface area contributed by atoms with Gasteiger partial charge in [0.1, 0.15) is 5.25 Å². The van der Waals surface area contributed by atoms with Crippen molar-refractivity contribution in [2.24, 2.45) is 0 Å². The Balaban J connectivity index is 3.05. The van der Waals surface area contributed by atoms with E-state index in [0.29, 0.717) is 10.6 Å². The van der Waals surface area contributed by atoms with Crippen LogP contribution in [0.2, 0.25) is 0 Å². The van der Waals surface area contributed by atoms with Gasteiger partial charge in [-0.15, -0.1) is 0 Å². The standard InChI is InChI=1S/C11H16N2O2S/c1-7-4-5-9(12)10(6-7)16(15)8(2)11(14)13-3/h4-6,8H,12H2,1-3H3,(H,13,14). The van der Waals surface area contributed by atoms with Crippen molar-refractivity contribution in [1.29, 1.82) is 0 Å². The van der Waals surface area contributed by atoms with Gasteiger partial charge < -0.3 is 11.1 Å². The van der Waals surface area contributed by atoms with Crippen LogP contribution in [0.5, 0.6) is 0 Å². The average molecular weight is 240 g/mol. The van der Waals surface area contributed by atoms with Crippen LogP contribution in [0.1, 0.15) is 12.5 Å². The Labute approximate surface area is 97.7 Å². The number of anilines is 1. The molecule has 1 amide bonds. The summed E-state index contributed by atoms with van der Waals surface area (Å²) >= 11 is 0. The topological polar surface area (TPSA) is 72.2 Å². The molecule has 4 nitrogen and oxygen atoms in total. The van der Waals surface area contributed by atoms with Crippen LogP contribution in [0.15, 0.2) is 23.1 Å². The average Bonchev–Trinajstić information content (AvgIpc) is 2.29. The first-order chi connectivity index (χ1) is 7.47. The molecule has 1 aromatic rings. The molecule has 0 aliphatic carbocycles. The monoisotopic (exact) mass is 240 g/mol. The summed E-state index contributed by atoms with van der Waals surface area (Å²) in [5.74, 6) is -0.251. The van der Waals surface area contributed by atoms with E-state index in [1.54, 1.807) is 19.1 Å². The van der Waals surface area contributed by atoms with Crippen LogP contribution in [0.3, 0.4) is 0 Å². The molecule has 0 saturated heterocycles. The van der Waals surface area contributed by atoms with E-state index in [9.17, 15) is 9.00 Å². The maximum absolute atomic E-state index is 12.1. The SMILES string of the molecule is CNC(=O)C(C)S(=O)c1cc(C)ccc1N. The third-order valence-electron chi connectivity index (χ3n) is 2.32. The lowest BCUT2D eigenvalue weighted by atomic mass is 10.2. The summed E-state index contributed by atoms with van der Waals surface area (Å²) in [6.45, 7) is 3.52. The van der Waals surface area contributed by atoms with E-state index in [4.69, 9.17) is 5.73 Å². The Morgan fingerprint density at radius 2 is 2.12 bits per heavy atom. The third-order valence-corrected chi connectivity index (χ3v) is 3.97. The molecule has 2 unspecified atom stereocenters. The third kappa shape index (κ3) is 2.61. The highest BCUT2D eigenvalue weighted by molar-refractivity contribution is 7.86. The molecule has 5 heteroatoms. The maximum atomic E-state index is 12.1. The minimum atomic E-state index is -1.42. The van der Waals surface area contributed by atoms with Gasteiger partial charge in [-0.1, -0.05) is 6.07 Å². The Morgan fingerprint density at radius 3 is 2.69 bits per heavy atom. The second-order valence-electron chi connectivity index (χ2n) is 3.60. The summed E-state index contributed by atoms with van der Waals surface area (Å²) in [6, 6.07) is 5.31. The Morgan fingerprint density at radius 1 is 1.50 bits per heavy atom. The summed E-state index contributed by atoms with van der Waals surface area (Å²) < 4.78 is 12.1. The predicted molar refractivity (Wildman–Crippen MR) is 65.5 cm³/mol. The summed E-state index contributed by atoms with van der Waals surface area (Å²) in [6.07, 6.45) is 0. The minimum Gasteiger partial charge on any atom is -0.398 e. The van der Waals surface area contributed by atoms with E-state index in [2.05, 4.69) is 5.32 Å². The molecule has 3 N–H and O–H groups in total. The van der Waals surface area contributed by atoms with Gasteiger partial charge in [0.2, 0.25) is 5.91 Å². The van der Waals surface area contributed by atoms with Crippen LogP contribution in [0.4, 0.5) is 5.69 Å². The molecule has 1 rings (SSSR count). The Bertz CT molecular complexity index is 432. The highest BCUT2D eigenvalue weighted by Crippen LogP contribution is 2.20. The largest absolute Gasteiger partial charge is 0.398 e. The number of hydrogen-bond donors (Lipinski definition) is 2. The summed E-state index contributed by atoms with van der Waals surface area (Å²) in [4.78, 5) is 11.9. The number of rotatable bonds is 3. The van der Waals surface area contributed by atoms with Crippen molar-refractivity contribution in [1.82, 2.24) is 5.32 Å². The number of carbonyl (C=O) groups excluding carboxylic acids is 1. The van der Waals surface area contributed by atoms with Crippen LogP contribution >= 0.6 is 0 Å². The first kappa shape index (κ1) is 12.7. The van der Waals surface area contributed by atoms with E-state index < -0.39 is 16.0 Å². The van der Waals surface area contributed by atoms with Gasteiger partial charge in [-0.3, -0.25) is 9.00 Å². The number of nitrogen functional groups attached to an aromatic ring is 1. The van der Waals surface area contributed by atoms with Crippen molar-refractivity contribution < 1.29 is 9.00 Å². The number of hydrogen-bond acceptors (Lipinski definition) is 3. The van der Waals surface area contributed by atoms with Gasteiger partial charge in [-0.25, -0.2) is 0 Å². The maximum Gasteiger partial charge on any atom is 0.235 e. The van der Waals surface area contributed by atoms with E-state index in [-0.39, 0.29) is 5.91 Å². The van der Waals surface area contributed by atoms with Crippen molar-refractivity contribution >= 4 is 22.4 Å². The first-order valence-electron chi connectivity index (χ1n) is 4.95. The van der Waals surface area contributed by atoms with Gasteiger partial charge >= 0.3 is 0 Å². The molecule has 0 bridgehead atoms. The second kappa shape index (κ2) is 5.12. The molecule has 0 fully saturated rings. The smallest absolute Gasteiger partial charge is 0.235 e. The highest BCUT2D eigenvalue weighted by atomic mass is 32.2. The molecule has 0 spiro atoms. The van der Waals surface area contributed by atoms with Crippen molar-refractivity contribution in [3.05, 3.63) is 23.8 Å². The summed E-state index contributed by atoms with van der Waals surface area (Å²) in [5, 5.41) is 1.87. The van der Waals surface area contributed by atoms with Crippen LogP contribution in [0.25, 0.3) is 0 Å². The molecule has 0 aromatic heterocycles. The molecular weight excluding hydrogens is 224 g/mol. The van der Waals surface area contributed by atoms with Crippen molar-refractivity contribution in [3.63, 3.8) is 0 Å². The van der Waals surface area contributed by atoms with Gasteiger partial charge in [0.25, 0.3) is 0 Å². The van der Waals surface area contributed by atoms with Gasteiger partial charge in [0.05, 0.1) is 15.7 Å². The number of nitrogens with one attached hydrogen (secondary N) is 1. The summed E-state index contributed by atoms with van der Waals surface area (Å²) in [5.41, 5.74) is 7.18. The quantitative estimate of drug-likeness (QED) is 0.768. The Hall–Kier alpha value is -1.36. The minimum absolute atomic E-state index is 0.251. The highest BCUT2D eigenvalue weighted by Gasteiger charge is 2.21. The lowest BCUT2D eigenvalue weighted by molar-refractivity contribution is -0.119. The molecule has 16 heavy (non-hydrogen) atoms. The number of amides is 1. The van der Waals surface area contributed by atoms with Crippen LogP contribution < -0.4 is 11.1 Å². The second-order valence-corrected chi connectivity index (χ2v) is 5.34. The predicted octanol–water partition coefficient (Wildman–Crippen LogP) is 0.819. The van der Waals surface area contributed by atoms with E-state index in [1.165, 1.54) is 7.05 Å². The van der Waals surface area contributed by atoms with Crippen molar-refractivity contribution in [2.45, 2.75) is 24.0 Å². The zero-order valence-corrected chi connectivity index (χ0v) is 10.4. The Kier molecular flexibility index (Phi) is 4.06. The van der Waals surface area contributed by atoms with Gasteiger partial charge in [-0.2, -0.15) is 0 Å². The number of nitrogens with two attached hydrogens (primary N) is 1. The molecule has 0 heterocycles. The molecule has 2 atom stereocenters.